The highest BCUT2D eigenvalue weighted by Crippen LogP contribution is 2.45. The standard InChI is InChI=1S/C80H156O17P2/c1-6-10-13-16-19-22-25-28-31-33-34-37-40-43-46-49-56-61-65-79(84)96-75(69-90-77(82)63-58-53-47-44-41-38-36-32-29-26-23-20-17-14-11-7-2)71-94-98(86,87)92-67-74(81)68-93-99(88,89)95-72-76(70-91-78(83)64-59-54-51-50-52-57-62-73(5)9-4)97-80(85)66-60-55-48-45-42-39-35-30-27-24-21-18-15-12-8-3/h73-76,81H,6-72H2,1-5H3,(H,86,87)(H,88,89)/t73?,74-,75-,76-/m1/s1. The van der Waals surface area contributed by atoms with E-state index in [2.05, 4.69) is 34.6 Å². The Bertz CT molecular complexity index is 1890. The summed E-state index contributed by atoms with van der Waals surface area (Å²) in [4.78, 5) is 73.0. The number of esters is 4. The molecule has 99 heavy (non-hydrogen) atoms. The highest BCUT2D eigenvalue weighted by atomic mass is 31.2. The smallest absolute Gasteiger partial charge is 0.462 e. The zero-order valence-corrected chi connectivity index (χ0v) is 66.4. The third kappa shape index (κ3) is 72.8. The largest absolute Gasteiger partial charge is 0.472 e. The lowest BCUT2D eigenvalue weighted by atomic mass is 10.00. The molecule has 0 aliphatic heterocycles. The van der Waals surface area contributed by atoms with E-state index in [1.807, 2.05) is 0 Å². The molecule has 0 saturated carbocycles. The summed E-state index contributed by atoms with van der Waals surface area (Å²) in [5.41, 5.74) is 0. The van der Waals surface area contributed by atoms with Crippen molar-refractivity contribution in [2.24, 2.45) is 5.92 Å². The van der Waals surface area contributed by atoms with Gasteiger partial charge in [-0.3, -0.25) is 37.3 Å². The zero-order chi connectivity index (χ0) is 72.7. The number of phosphoric ester groups is 2. The van der Waals surface area contributed by atoms with Crippen LogP contribution in [0, 0.1) is 5.92 Å². The van der Waals surface area contributed by atoms with E-state index in [1.165, 1.54) is 244 Å². The number of hydrogen-bond donors (Lipinski definition) is 3. The Morgan fingerprint density at radius 1 is 0.283 bits per heavy atom. The Hall–Kier alpha value is -1.94. The van der Waals surface area contributed by atoms with E-state index in [9.17, 15) is 43.2 Å². The van der Waals surface area contributed by atoms with Gasteiger partial charge in [0, 0.05) is 25.7 Å². The monoisotopic (exact) mass is 1450 g/mol. The summed E-state index contributed by atoms with van der Waals surface area (Å²) in [6.45, 7) is 7.29. The summed E-state index contributed by atoms with van der Waals surface area (Å²) in [6.07, 6.45) is 63.8. The maximum atomic E-state index is 13.1. The molecule has 0 heterocycles. The fourth-order valence-electron chi connectivity index (χ4n) is 12.4. The fourth-order valence-corrected chi connectivity index (χ4v) is 14.0. The number of unbranched alkanes of at least 4 members (excludes halogenated alkanes) is 51. The molecule has 588 valence electrons. The summed E-state index contributed by atoms with van der Waals surface area (Å²) in [5, 5.41) is 10.6. The molecule has 0 aromatic rings. The van der Waals surface area contributed by atoms with Crippen molar-refractivity contribution in [3.05, 3.63) is 0 Å². The number of carbonyl (C=O) groups is 4. The second-order valence-corrected chi connectivity index (χ2v) is 32.0. The molecule has 19 heteroatoms. The van der Waals surface area contributed by atoms with E-state index in [1.54, 1.807) is 0 Å². The molecule has 0 saturated heterocycles. The summed E-state index contributed by atoms with van der Waals surface area (Å²) in [5.74, 6) is -1.38. The SMILES string of the molecule is CCCCCCCCCCCCCCCCCCCCC(=O)O[C@H](COC(=O)CCCCCCCCCCCCCCCCCC)COP(=O)(O)OC[C@@H](O)COP(=O)(O)OC[C@@H](COC(=O)CCCCCCCCC(C)CC)OC(=O)CCCCCCCCCCCCCCCCC. The van der Waals surface area contributed by atoms with E-state index in [0.29, 0.717) is 25.7 Å². The average molecular weight is 1450 g/mol. The first-order chi connectivity index (χ1) is 48.1. The molecular weight excluding hydrogens is 1290 g/mol. The highest BCUT2D eigenvalue weighted by Gasteiger charge is 2.30. The first-order valence-electron chi connectivity index (χ1n) is 41.7. The number of ether oxygens (including phenoxy) is 4. The molecule has 3 unspecified atom stereocenters. The predicted molar refractivity (Wildman–Crippen MR) is 405 cm³/mol. The molecule has 0 aromatic heterocycles. The normalized spacial score (nSPS) is 14.1. The van der Waals surface area contributed by atoms with Gasteiger partial charge in [0.15, 0.2) is 12.2 Å². The molecule has 0 amide bonds. The minimum atomic E-state index is -4.96. The highest BCUT2D eigenvalue weighted by molar-refractivity contribution is 7.47. The van der Waals surface area contributed by atoms with Crippen LogP contribution in [0.5, 0.6) is 0 Å². The van der Waals surface area contributed by atoms with E-state index in [0.717, 1.165) is 102 Å². The molecule has 0 aromatic carbocycles. The molecule has 17 nitrogen and oxygen atoms in total. The second kappa shape index (κ2) is 73.0. The van der Waals surface area contributed by atoms with Crippen LogP contribution in [0.2, 0.25) is 0 Å². The number of hydrogen-bond acceptors (Lipinski definition) is 15. The topological polar surface area (TPSA) is 237 Å². The molecule has 0 aliphatic rings. The van der Waals surface area contributed by atoms with Crippen LogP contribution < -0.4 is 0 Å². The van der Waals surface area contributed by atoms with Gasteiger partial charge < -0.3 is 33.8 Å². The summed E-state index contributed by atoms with van der Waals surface area (Å²) < 4.78 is 68.7. The number of rotatable bonds is 80. The summed E-state index contributed by atoms with van der Waals surface area (Å²) in [7, 11) is -9.92. The lowest BCUT2D eigenvalue weighted by Crippen LogP contribution is -2.30. The molecule has 0 radical (unpaired) electrons. The lowest BCUT2D eigenvalue weighted by Gasteiger charge is -2.21. The predicted octanol–water partition coefficient (Wildman–Crippen LogP) is 24.0. The van der Waals surface area contributed by atoms with Gasteiger partial charge in [0.25, 0.3) is 0 Å². The zero-order valence-electron chi connectivity index (χ0n) is 64.6. The van der Waals surface area contributed by atoms with Gasteiger partial charge in [-0.15, -0.1) is 0 Å². The van der Waals surface area contributed by atoms with Crippen LogP contribution in [0.3, 0.4) is 0 Å². The van der Waals surface area contributed by atoms with Crippen molar-refractivity contribution in [1.82, 2.24) is 0 Å². The minimum Gasteiger partial charge on any atom is -0.462 e. The fraction of sp³-hybridized carbons (Fsp3) is 0.950. The lowest BCUT2D eigenvalue weighted by molar-refractivity contribution is -0.161. The number of aliphatic hydroxyl groups is 1. The quantitative estimate of drug-likeness (QED) is 0.0222. The molecule has 3 N–H and O–H groups in total. The molecular formula is C80H156O17P2. The Morgan fingerprint density at radius 2 is 0.485 bits per heavy atom. The van der Waals surface area contributed by atoms with Gasteiger partial charge in [-0.2, -0.15) is 0 Å². The van der Waals surface area contributed by atoms with Crippen molar-refractivity contribution in [2.45, 2.75) is 445 Å². The number of phosphoric acid groups is 2. The Balaban J connectivity index is 5.24. The Kier molecular flexibility index (Phi) is 71.6. The van der Waals surface area contributed by atoms with Gasteiger partial charge in [0.05, 0.1) is 26.4 Å². The van der Waals surface area contributed by atoms with Crippen molar-refractivity contribution in [3.63, 3.8) is 0 Å². The van der Waals surface area contributed by atoms with Crippen LogP contribution in [-0.4, -0.2) is 96.7 Å². The summed E-state index contributed by atoms with van der Waals surface area (Å²) in [6, 6.07) is 0. The van der Waals surface area contributed by atoms with Gasteiger partial charge in [-0.05, 0) is 31.6 Å². The van der Waals surface area contributed by atoms with E-state index >= 15 is 0 Å². The number of carbonyl (C=O) groups excluding carboxylic acids is 4. The molecule has 6 atom stereocenters. The van der Waals surface area contributed by atoms with Crippen molar-refractivity contribution < 1.29 is 80.2 Å². The van der Waals surface area contributed by atoms with Crippen LogP contribution in [0.15, 0.2) is 0 Å². The van der Waals surface area contributed by atoms with Gasteiger partial charge in [0.1, 0.15) is 19.3 Å². The third-order valence-corrected chi connectivity index (χ3v) is 21.0. The van der Waals surface area contributed by atoms with E-state index in [-0.39, 0.29) is 25.7 Å². The Morgan fingerprint density at radius 3 is 0.717 bits per heavy atom. The molecule has 0 spiro atoms. The number of aliphatic hydroxyl groups excluding tert-OH is 1. The summed E-state index contributed by atoms with van der Waals surface area (Å²) >= 11 is 0. The first-order valence-corrected chi connectivity index (χ1v) is 44.7. The third-order valence-electron chi connectivity index (χ3n) is 19.1. The van der Waals surface area contributed by atoms with Crippen molar-refractivity contribution in [3.8, 4) is 0 Å². The van der Waals surface area contributed by atoms with E-state index < -0.39 is 97.5 Å². The maximum absolute atomic E-state index is 13.1. The van der Waals surface area contributed by atoms with Crippen LogP contribution in [-0.2, 0) is 65.4 Å². The molecule has 0 rings (SSSR count). The second-order valence-electron chi connectivity index (χ2n) is 29.1. The van der Waals surface area contributed by atoms with Crippen molar-refractivity contribution in [1.29, 1.82) is 0 Å². The van der Waals surface area contributed by atoms with Gasteiger partial charge in [0.2, 0.25) is 0 Å². The molecule has 0 bridgehead atoms. The minimum absolute atomic E-state index is 0.108. The van der Waals surface area contributed by atoms with Crippen LogP contribution in [0.1, 0.15) is 426 Å². The van der Waals surface area contributed by atoms with Crippen molar-refractivity contribution >= 4 is 39.5 Å². The van der Waals surface area contributed by atoms with Crippen LogP contribution >= 0.6 is 15.6 Å². The van der Waals surface area contributed by atoms with Gasteiger partial charge in [-0.1, -0.05) is 375 Å². The van der Waals surface area contributed by atoms with E-state index in [4.69, 9.17) is 37.0 Å². The Labute approximate surface area is 607 Å². The van der Waals surface area contributed by atoms with Crippen LogP contribution in [0.25, 0.3) is 0 Å². The van der Waals surface area contributed by atoms with Gasteiger partial charge >= 0.3 is 39.5 Å². The molecule has 0 fully saturated rings. The van der Waals surface area contributed by atoms with Crippen molar-refractivity contribution in [2.75, 3.05) is 39.6 Å². The first kappa shape index (κ1) is 97.1. The maximum Gasteiger partial charge on any atom is 0.472 e. The van der Waals surface area contributed by atoms with Crippen LogP contribution in [0.4, 0.5) is 0 Å². The molecule has 0 aliphatic carbocycles. The average Bonchev–Trinajstić information content (AvgIpc) is 1.46. The van der Waals surface area contributed by atoms with Gasteiger partial charge in [-0.25, -0.2) is 9.13 Å².